The lowest BCUT2D eigenvalue weighted by Gasteiger charge is -2.18. The van der Waals surface area contributed by atoms with E-state index in [9.17, 15) is 4.79 Å². The SMILES string of the molecule is CCCCOc1ccc(C(=O)N[C@@H](CC)c2ccc(C(C)C)cc2)cc1. The highest BCUT2D eigenvalue weighted by Crippen LogP contribution is 2.21. The van der Waals surface area contributed by atoms with E-state index >= 15 is 0 Å². The third-order valence-electron chi connectivity index (χ3n) is 4.60. The van der Waals surface area contributed by atoms with Gasteiger partial charge in [0, 0.05) is 5.56 Å². The molecule has 0 spiro atoms. The van der Waals surface area contributed by atoms with Gasteiger partial charge in [-0.15, -0.1) is 0 Å². The Morgan fingerprint density at radius 1 is 0.962 bits per heavy atom. The number of rotatable bonds is 9. The summed E-state index contributed by atoms with van der Waals surface area (Å²) >= 11 is 0. The van der Waals surface area contributed by atoms with Crippen molar-refractivity contribution in [1.82, 2.24) is 5.32 Å². The molecule has 26 heavy (non-hydrogen) atoms. The standard InChI is InChI=1S/C23H31NO2/c1-5-7-16-26-21-14-12-20(13-15-21)23(25)24-22(6-2)19-10-8-18(9-11-19)17(3)4/h8-15,17,22H,5-7,16H2,1-4H3,(H,24,25)/t22-/m0/s1. The fourth-order valence-corrected chi connectivity index (χ4v) is 2.81. The molecule has 1 atom stereocenters. The molecule has 0 fully saturated rings. The van der Waals surface area contributed by atoms with E-state index in [0.717, 1.165) is 30.6 Å². The van der Waals surface area contributed by atoms with Gasteiger partial charge in [0.25, 0.3) is 5.91 Å². The Bertz CT molecular complexity index is 674. The maximum absolute atomic E-state index is 12.6. The normalized spacial score (nSPS) is 12.0. The lowest BCUT2D eigenvalue weighted by Crippen LogP contribution is -2.28. The number of benzene rings is 2. The van der Waals surface area contributed by atoms with E-state index in [1.54, 1.807) is 0 Å². The molecule has 0 aliphatic heterocycles. The van der Waals surface area contributed by atoms with E-state index in [-0.39, 0.29) is 11.9 Å². The zero-order valence-corrected chi connectivity index (χ0v) is 16.4. The molecule has 0 unspecified atom stereocenters. The Morgan fingerprint density at radius 3 is 2.12 bits per heavy atom. The van der Waals surface area contributed by atoms with E-state index < -0.39 is 0 Å². The van der Waals surface area contributed by atoms with E-state index in [2.05, 4.69) is 57.3 Å². The Labute approximate surface area is 157 Å². The number of hydrogen-bond acceptors (Lipinski definition) is 2. The number of hydrogen-bond donors (Lipinski definition) is 1. The molecule has 0 heterocycles. The zero-order chi connectivity index (χ0) is 18.9. The van der Waals surface area contributed by atoms with Gasteiger partial charge in [0.1, 0.15) is 5.75 Å². The monoisotopic (exact) mass is 353 g/mol. The Balaban J connectivity index is 1.99. The second kappa shape index (κ2) is 10.0. The number of ether oxygens (including phenoxy) is 1. The summed E-state index contributed by atoms with van der Waals surface area (Å²) in [6.45, 7) is 9.31. The zero-order valence-electron chi connectivity index (χ0n) is 16.4. The Morgan fingerprint density at radius 2 is 1.58 bits per heavy atom. The lowest BCUT2D eigenvalue weighted by atomic mass is 9.98. The predicted octanol–water partition coefficient (Wildman–Crippen LogP) is 5.87. The van der Waals surface area contributed by atoms with E-state index in [4.69, 9.17) is 4.74 Å². The summed E-state index contributed by atoms with van der Waals surface area (Å²) in [4.78, 5) is 12.6. The van der Waals surface area contributed by atoms with Crippen LogP contribution in [0.15, 0.2) is 48.5 Å². The topological polar surface area (TPSA) is 38.3 Å². The molecule has 0 saturated carbocycles. The van der Waals surface area contributed by atoms with Crippen molar-refractivity contribution < 1.29 is 9.53 Å². The van der Waals surface area contributed by atoms with Gasteiger partial charge in [-0.3, -0.25) is 4.79 Å². The van der Waals surface area contributed by atoms with Crippen LogP contribution in [0.3, 0.4) is 0 Å². The number of unbranched alkanes of at least 4 members (excludes halogenated alkanes) is 1. The Hall–Kier alpha value is -2.29. The summed E-state index contributed by atoms with van der Waals surface area (Å²) in [5.41, 5.74) is 3.11. The van der Waals surface area contributed by atoms with Crippen LogP contribution in [0.25, 0.3) is 0 Å². The fourth-order valence-electron chi connectivity index (χ4n) is 2.81. The summed E-state index contributed by atoms with van der Waals surface area (Å²) in [6.07, 6.45) is 3.00. The summed E-state index contributed by atoms with van der Waals surface area (Å²) in [7, 11) is 0. The van der Waals surface area contributed by atoms with E-state index in [1.807, 2.05) is 24.3 Å². The smallest absolute Gasteiger partial charge is 0.251 e. The first kappa shape index (κ1) is 20.0. The maximum atomic E-state index is 12.6. The van der Waals surface area contributed by atoms with Crippen molar-refractivity contribution in [3.05, 3.63) is 65.2 Å². The van der Waals surface area contributed by atoms with Gasteiger partial charge in [0.15, 0.2) is 0 Å². The minimum Gasteiger partial charge on any atom is -0.494 e. The van der Waals surface area contributed by atoms with Gasteiger partial charge in [-0.2, -0.15) is 0 Å². The minimum absolute atomic E-state index is 0.0178. The van der Waals surface area contributed by atoms with Crippen LogP contribution in [0.4, 0.5) is 0 Å². The molecular weight excluding hydrogens is 322 g/mol. The first-order valence-electron chi connectivity index (χ1n) is 9.68. The molecule has 3 heteroatoms. The molecule has 3 nitrogen and oxygen atoms in total. The first-order chi connectivity index (χ1) is 12.5. The number of amides is 1. The molecule has 0 aromatic heterocycles. The second-order valence-electron chi connectivity index (χ2n) is 6.98. The molecule has 0 aliphatic carbocycles. The second-order valence-corrected chi connectivity index (χ2v) is 6.98. The number of carbonyl (C=O) groups is 1. The van der Waals surface area contributed by atoms with E-state index in [1.165, 1.54) is 5.56 Å². The summed E-state index contributed by atoms with van der Waals surface area (Å²) in [5, 5.41) is 3.14. The fraction of sp³-hybridized carbons (Fsp3) is 0.435. The molecule has 1 N–H and O–H groups in total. The van der Waals surface area contributed by atoms with Crippen molar-refractivity contribution >= 4 is 5.91 Å². The molecule has 1 amide bonds. The van der Waals surface area contributed by atoms with Crippen LogP contribution in [0, 0.1) is 0 Å². The molecule has 2 aromatic rings. The highest BCUT2D eigenvalue weighted by molar-refractivity contribution is 5.94. The largest absolute Gasteiger partial charge is 0.494 e. The predicted molar refractivity (Wildman–Crippen MR) is 108 cm³/mol. The quantitative estimate of drug-likeness (QED) is 0.573. The van der Waals surface area contributed by atoms with Gasteiger partial charge in [-0.05, 0) is 54.2 Å². The molecule has 0 saturated heterocycles. The van der Waals surface area contributed by atoms with Crippen molar-refractivity contribution in [2.45, 2.75) is 58.9 Å². The van der Waals surface area contributed by atoms with Gasteiger partial charge in [-0.25, -0.2) is 0 Å². The third-order valence-corrected chi connectivity index (χ3v) is 4.60. The lowest BCUT2D eigenvalue weighted by molar-refractivity contribution is 0.0935. The first-order valence-corrected chi connectivity index (χ1v) is 9.68. The van der Waals surface area contributed by atoms with Crippen LogP contribution in [0.2, 0.25) is 0 Å². The third kappa shape index (κ3) is 5.62. The molecular formula is C23H31NO2. The Kier molecular flexibility index (Phi) is 7.71. The van der Waals surface area contributed by atoms with Gasteiger partial charge in [-0.1, -0.05) is 58.4 Å². The molecule has 0 aliphatic rings. The van der Waals surface area contributed by atoms with Crippen LogP contribution in [0.1, 0.15) is 80.4 Å². The summed E-state index contributed by atoms with van der Waals surface area (Å²) in [6, 6.07) is 15.9. The molecule has 140 valence electrons. The van der Waals surface area contributed by atoms with Gasteiger partial charge in [0.2, 0.25) is 0 Å². The van der Waals surface area contributed by atoms with Crippen molar-refractivity contribution in [2.24, 2.45) is 0 Å². The van der Waals surface area contributed by atoms with Crippen LogP contribution in [-0.2, 0) is 0 Å². The van der Waals surface area contributed by atoms with Gasteiger partial charge in [0.05, 0.1) is 12.6 Å². The van der Waals surface area contributed by atoms with Crippen molar-refractivity contribution in [3.8, 4) is 5.75 Å². The van der Waals surface area contributed by atoms with Crippen molar-refractivity contribution in [2.75, 3.05) is 6.61 Å². The molecule has 0 radical (unpaired) electrons. The summed E-state index contributed by atoms with van der Waals surface area (Å²) in [5.74, 6) is 1.27. The van der Waals surface area contributed by atoms with Crippen molar-refractivity contribution in [1.29, 1.82) is 0 Å². The van der Waals surface area contributed by atoms with Crippen LogP contribution < -0.4 is 10.1 Å². The van der Waals surface area contributed by atoms with Crippen LogP contribution >= 0.6 is 0 Å². The maximum Gasteiger partial charge on any atom is 0.251 e. The highest BCUT2D eigenvalue weighted by Gasteiger charge is 2.14. The van der Waals surface area contributed by atoms with Crippen molar-refractivity contribution in [3.63, 3.8) is 0 Å². The molecule has 0 bridgehead atoms. The van der Waals surface area contributed by atoms with Crippen LogP contribution in [-0.4, -0.2) is 12.5 Å². The highest BCUT2D eigenvalue weighted by atomic mass is 16.5. The molecule has 2 aromatic carbocycles. The molecule has 2 rings (SSSR count). The van der Waals surface area contributed by atoms with Gasteiger partial charge >= 0.3 is 0 Å². The average Bonchev–Trinajstić information content (AvgIpc) is 2.66. The number of carbonyl (C=O) groups excluding carboxylic acids is 1. The van der Waals surface area contributed by atoms with Gasteiger partial charge < -0.3 is 10.1 Å². The number of nitrogens with one attached hydrogen (secondary N) is 1. The minimum atomic E-state index is -0.0510. The van der Waals surface area contributed by atoms with Crippen LogP contribution in [0.5, 0.6) is 5.75 Å². The van der Waals surface area contributed by atoms with E-state index in [0.29, 0.717) is 18.1 Å². The summed E-state index contributed by atoms with van der Waals surface area (Å²) < 4.78 is 5.65. The average molecular weight is 354 g/mol.